The van der Waals surface area contributed by atoms with Crippen LogP contribution < -0.4 is 11.1 Å². The zero-order valence-electron chi connectivity index (χ0n) is 10.7. The Balaban J connectivity index is 1.88. The van der Waals surface area contributed by atoms with Crippen LogP contribution in [0.1, 0.15) is 25.3 Å². The van der Waals surface area contributed by atoms with Gasteiger partial charge in [-0.25, -0.2) is 4.98 Å². The number of likely N-dealkylation sites (tertiary alicyclic amines) is 1. The summed E-state index contributed by atoms with van der Waals surface area (Å²) in [4.78, 5) is 6.80. The number of anilines is 2. The summed E-state index contributed by atoms with van der Waals surface area (Å²) < 4.78 is 0. The lowest BCUT2D eigenvalue weighted by Gasteiger charge is -2.21. The fourth-order valence-corrected chi connectivity index (χ4v) is 2.30. The number of pyridine rings is 1. The molecule has 3 N–H and O–H groups in total. The second-order valence-corrected chi connectivity index (χ2v) is 4.98. The largest absolute Gasteiger partial charge is 0.397 e. The fourth-order valence-electron chi connectivity index (χ4n) is 2.30. The molecule has 1 aliphatic rings. The van der Waals surface area contributed by atoms with E-state index in [4.69, 9.17) is 5.73 Å². The molecule has 1 aliphatic heterocycles. The second-order valence-electron chi connectivity index (χ2n) is 4.98. The van der Waals surface area contributed by atoms with Crippen molar-refractivity contribution in [2.24, 2.45) is 0 Å². The second kappa shape index (κ2) is 5.36. The molecule has 0 spiro atoms. The van der Waals surface area contributed by atoms with E-state index in [1.807, 2.05) is 13.0 Å². The van der Waals surface area contributed by atoms with Gasteiger partial charge in [-0.05, 0) is 51.4 Å². The number of rotatable bonds is 4. The van der Waals surface area contributed by atoms with Crippen molar-refractivity contribution in [1.82, 2.24) is 9.88 Å². The van der Waals surface area contributed by atoms with Gasteiger partial charge in [-0.15, -0.1) is 0 Å². The van der Waals surface area contributed by atoms with Gasteiger partial charge in [-0.2, -0.15) is 0 Å². The fraction of sp³-hybridized carbons (Fsp3) is 0.615. The Morgan fingerprint density at radius 2 is 2.18 bits per heavy atom. The maximum atomic E-state index is 5.75. The van der Waals surface area contributed by atoms with Crippen LogP contribution in [0.15, 0.2) is 12.3 Å². The molecule has 4 heteroatoms. The number of aryl methyl sites for hydroxylation is 1. The van der Waals surface area contributed by atoms with E-state index in [1.165, 1.54) is 25.9 Å². The van der Waals surface area contributed by atoms with Crippen LogP contribution in [0.5, 0.6) is 0 Å². The van der Waals surface area contributed by atoms with E-state index in [9.17, 15) is 0 Å². The van der Waals surface area contributed by atoms with Crippen LogP contribution in [-0.2, 0) is 0 Å². The standard InChI is InChI=1S/C13H22N4/c1-10-7-13(15-8-12(10)14)16-11(2)9-17-5-3-4-6-17/h7-8,11H,3-6,9,14H2,1-2H3,(H,15,16). The highest BCUT2D eigenvalue weighted by Crippen LogP contribution is 2.15. The van der Waals surface area contributed by atoms with Crippen molar-refractivity contribution in [3.8, 4) is 0 Å². The van der Waals surface area contributed by atoms with Crippen LogP contribution in [0.2, 0.25) is 0 Å². The van der Waals surface area contributed by atoms with Crippen molar-refractivity contribution in [1.29, 1.82) is 0 Å². The third kappa shape index (κ3) is 3.33. The van der Waals surface area contributed by atoms with E-state index < -0.39 is 0 Å². The van der Waals surface area contributed by atoms with Gasteiger partial charge in [0.2, 0.25) is 0 Å². The highest BCUT2D eigenvalue weighted by Gasteiger charge is 2.14. The first kappa shape index (κ1) is 12.2. The van der Waals surface area contributed by atoms with Crippen molar-refractivity contribution < 1.29 is 0 Å². The number of hydrogen-bond acceptors (Lipinski definition) is 4. The normalized spacial score (nSPS) is 18.2. The molecule has 1 aromatic rings. The number of nitrogens with zero attached hydrogens (tertiary/aromatic N) is 2. The van der Waals surface area contributed by atoms with Gasteiger partial charge in [0, 0.05) is 12.6 Å². The molecule has 0 aromatic carbocycles. The predicted octanol–water partition coefficient (Wildman–Crippen LogP) is 1.87. The van der Waals surface area contributed by atoms with E-state index in [1.54, 1.807) is 6.20 Å². The van der Waals surface area contributed by atoms with E-state index in [0.717, 1.165) is 23.6 Å². The average molecular weight is 234 g/mol. The molecule has 0 bridgehead atoms. The van der Waals surface area contributed by atoms with Crippen molar-refractivity contribution in [3.63, 3.8) is 0 Å². The average Bonchev–Trinajstić information content (AvgIpc) is 2.76. The van der Waals surface area contributed by atoms with Crippen molar-refractivity contribution in [2.75, 3.05) is 30.7 Å². The highest BCUT2D eigenvalue weighted by atomic mass is 15.2. The van der Waals surface area contributed by atoms with E-state index in [0.29, 0.717) is 6.04 Å². The number of aromatic nitrogens is 1. The Kier molecular flexibility index (Phi) is 3.84. The third-order valence-electron chi connectivity index (χ3n) is 3.28. The molecule has 1 fully saturated rings. The van der Waals surface area contributed by atoms with Gasteiger partial charge in [0.15, 0.2) is 0 Å². The first-order valence-corrected chi connectivity index (χ1v) is 6.36. The Morgan fingerprint density at radius 3 is 2.82 bits per heavy atom. The predicted molar refractivity (Wildman–Crippen MR) is 72.1 cm³/mol. The van der Waals surface area contributed by atoms with Gasteiger partial charge in [-0.1, -0.05) is 0 Å². The Labute approximate surface area is 103 Å². The number of nitrogens with one attached hydrogen (secondary N) is 1. The minimum Gasteiger partial charge on any atom is -0.397 e. The van der Waals surface area contributed by atoms with Gasteiger partial charge in [0.05, 0.1) is 11.9 Å². The zero-order chi connectivity index (χ0) is 12.3. The van der Waals surface area contributed by atoms with Gasteiger partial charge < -0.3 is 16.0 Å². The number of nitrogen functional groups attached to an aromatic ring is 1. The molecular formula is C13H22N4. The van der Waals surface area contributed by atoms with Gasteiger partial charge >= 0.3 is 0 Å². The van der Waals surface area contributed by atoms with Crippen LogP contribution in [0.4, 0.5) is 11.5 Å². The van der Waals surface area contributed by atoms with E-state index in [2.05, 4.69) is 22.1 Å². The summed E-state index contributed by atoms with van der Waals surface area (Å²) in [5.74, 6) is 0.920. The third-order valence-corrected chi connectivity index (χ3v) is 3.28. The van der Waals surface area contributed by atoms with E-state index in [-0.39, 0.29) is 0 Å². The summed E-state index contributed by atoms with van der Waals surface area (Å²) in [5.41, 5.74) is 7.59. The first-order valence-electron chi connectivity index (χ1n) is 6.36. The van der Waals surface area contributed by atoms with Crippen LogP contribution in [0.25, 0.3) is 0 Å². The monoisotopic (exact) mass is 234 g/mol. The Morgan fingerprint density at radius 1 is 1.47 bits per heavy atom. The summed E-state index contributed by atoms with van der Waals surface area (Å²) in [7, 11) is 0. The lowest BCUT2D eigenvalue weighted by Crippen LogP contribution is -2.33. The molecule has 1 unspecified atom stereocenters. The topological polar surface area (TPSA) is 54.2 Å². The zero-order valence-corrected chi connectivity index (χ0v) is 10.7. The molecule has 4 nitrogen and oxygen atoms in total. The van der Waals surface area contributed by atoms with E-state index >= 15 is 0 Å². The lowest BCUT2D eigenvalue weighted by molar-refractivity contribution is 0.327. The molecular weight excluding hydrogens is 212 g/mol. The van der Waals surface area contributed by atoms with Gasteiger partial charge in [0.25, 0.3) is 0 Å². The quantitative estimate of drug-likeness (QED) is 0.835. The molecule has 94 valence electrons. The van der Waals surface area contributed by atoms with Crippen LogP contribution in [0, 0.1) is 6.92 Å². The summed E-state index contributed by atoms with van der Waals surface area (Å²) in [5, 5.41) is 3.43. The van der Waals surface area contributed by atoms with Crippen LogP contribution in [0.3, 0.4) is 0 Å². The van der Waals surface area contributed by atoms with Crippen molar-refractivity contribution in [2.45, 2.75) is 32.7 Å². The highest BCUT2D eigenvalue weighted by molar-refractivity contribution is 5.51. The van der Waals surface area contributed by atoms with Gasteiger partial charge in [0.1, 0.15) is 5.82 Å². The molecule has 1 saturated heterocycles. The smallest absolute Gasteiger partial charge is 0.126 e. The Bertz CT molecular complexity index is 372. The molecule has 0 amide bonds. The van der Waals surface area contributed by atoms with Gasteiger partial charge in [-0.3, -0.25) is 0 Å². The number of nitrogens with two attached hydrogens (primary N) is 1. The minimum absolute atomic E-state index is 0.420. The van der Waals surface area contributed by atoms with Crippen LogP contribution >= 0.6 is 0 Å². The molecule has 1 atom stereocenters. The summed E-state index contributed by atoms with van der Waals surface area (Å²) in [6.07, 6.45) is 4.40. The summed E-state index contributed by atoms with van der Waals surface area (Å²) >= 11 is 0. The molecule has 2 heterocycles. The lowest BCUT2D eigenvalue weighted by atomic mass is 10.2. The maximum Gasteiger partial charge on any atom is 0.126 e. The molecule has 0 saturated carbocycles. The Hall–Kier alpha value is -1.29. The molecule has 2 rings (SSSR count). The SMILES string of the molecule is Cc1cc(NC(C)CN2CCCC2)ncc1N. The molecule has 17 heavy (non-hydrogen) atoms. The summed E-state index contributed by atoms with van der Waals surface area (Å²) in [6, 6.07) is 2.43. The molecule has 0 aliphatic carbocycles. The minimum atomic E-state index is 0.420. The first-order chi connectivity index (χ1) is 8.15. The number of hydrogen-bond donors (Lipinski definition) is 2. The summed E-state index contributed by atoms with van der Waals surface area (Å²) in [6.45, 7) is 7.77. The molecule has 0 radical (unpaired) electrons. The van der Waals surface area contributed by atoms with Crippen molar-refractivity contribution >= 4 is 11.5 Å². The molecule has 1 aromatic heterocycles. The maximum absolute atomic E-state index is 5.75. The van der Waals surface area contributed by atoms with Crippen molar-refractivity contribution in [3.05, 3.63) is 17.8 Å². The van der Waals surface area contributed by atoms with Crippen LogP contribution in [-0.4, -0.2) is 35.6 Å².